The van der Waals surface area contributed by atoms with E-state index in [1.54, 1.807) is 24.3 Å². The third-order valence-corrected chi connectivity index (χ3v) is 5.45. The van der Waals surface area contributed by atoms with Crippen LogP contribution in [0.2, 0.25) is 0 Å². The molecule has 0 heterocycles. The molecule has 4 heteroatoms. The van der Waals surface area contributed by atoms with Crippen LogP contribution in [-0.2, 0) is 6.42 Å². The minimum absolute atomic E-state index is 0.0466. The lowest BCUT2D eigenvalue weighted by molar-refractivity contribution is -0.0498. The molecule has 158 valence electrons. The van der Waals surface area contributed by atoms with E-state index >= 15 is 4.39 Å². The van der Waals surface area contributed by atoms with Gasteiger partial charge >= 0.3 is 6.61 Å². The summed E-state index contributed by atoms with van der Waals surface area (Å²) in [4.78, 5) is 0. The van der Waals surface area contributed by atoms with Crippen LogP contribution in [0, 0.1) is 5.82 Å². The Labute approximate surface area is 180 Å². The predicted molar refractivity (Wildman–Crippen MR) is 120 cm³/mol. The molecule has 0 N–H and O–H groups in total. The van der Waals surface area contributed by atoms with Crippen molar-refractivity contribution in [1.29, 1.82) is 0 Å². The minimum atomic E-state index is -2.88. The summed E-state index contributed by atoms with van der Waals surface area (Å²) < 4.78 is 44.2. The van der Waals surface area contributed by atoms with Crippen LogP contribution in [0.15, 0.2) is 78.9 Å². The Hall–Kier alpha value is -3.27. The average Bonchev–Trinajstić information content (AvgIpc) is 2.78. The van der Waals surface area contributed by atoms with Gasteiger partial charge in [0.25, 0.3) is 0 Å². The summed E-state index contributed by atoms with van der Waals surface area (Å²) in [7, 11) is 0. The fourth-order valence-electron chi connectivity index (χ4n) is 3.76. The molecule has 0 radical (unpaired) electrons. The normalized spacial score (nSPS) is 11.3. The number of halogens is 3. The van der Waals surface area contributed by atoms with E-state index < -0.39 is 6.61 Å². The van der Waals surface area contributed by atoms with E-state index in [-0.39, 0.29) is 11.6 Å². The lowest BCUT2D eigenvalue weighted by Crippen LogP contribution is -2.01. The molecule has 0 aliphatic carbocycles. The second-order valence-corrected chi connectivity index (χ2v) is 7.57. The molecular weight excluding hydrogens is 397 g/mol. The molecule has 0 aliphatic heterocycles. The minimum Gasteiger partial charge on any atom is -0.435 e. The van der Waals surface area contributed by atoms with Gasteiger partial charge in [0.1, 0.15) is 11.6 Å². The molecule has 4 aromatic rings. The zero-order chi connectivity index (χ0) is 21.8. The molecule has 0 amide bonds. The van der Waals surface area contributed by atoms with Crippen molar-refractivity contribution >= 4 is 10.8 Å². The van der Waals surface area contributed by atoms with E-state index in [1.165, 1.54) is 30.5 Å². The van der Waals surface area contributed by atoms with E-state index in [0.29, 0.717) is 16.5 Å². The zero-order valence-electron chi connectivity index (χ0n) is 17.2. The summed E-state index contributed by atoms with van der Waals surface area (Å²) in [5.41, 5.74) is 4.49. The molecule has 4 aromatic carbocycles. The zero-order valence-corrected chi connectivity index (χ0v) is 17.2. The van der Waals surface area contributed by atoms with Gasteiger partial charge in [-0.25, -0.2) is 4.39 Å². The summed E-state index contributed by atoms with van der Waals surface area (Å²) >= 11 is 0. The Kier molecular flexibility index (Phi) is 6.26. The highest BCUT2D eigenvalue weighted by Gasteiger charge is 2.11. The first-order chi connectivity index (χ1) is 15.0. The Bertz CT molecular complexity index is 1170. The van der Waals surface area contributed by atoms with Crippen LogP contribution in [0.5, 0.6) is 5.75 Å². The first-order valence-corrected chi connectivity index (χ1v) is 10.4. The second kappa shape index (κ2) is 9.25. The SMILES string of the molecule is CCCCc1ccc(-c2ccc3c(F)c(-c4ccc(OC(F)F)cc4)ccc3c2)cc1. The van der Waals surface area contributed by atoms with Crippen molar-refractivity contribution in [2.45, 2.75) is 32.8 Å². The summed E-state index contributed by atoms with van der Waals surface area (Å²) in [6, 6.07) is 23.8. The number of hydrogen-bond acceptors (Lipinski definition) is 1. The van der Waals surface area contributed by atoms with Gasteiger partial charge in [0.05, 0.1) is 0 Å². The van der Waals surface area contributed by atoms with E-state index in [9.17, 15) is 8.78 Å². The fourth-order valence-corrected chi connectivity index (χ4v) is 3.76. The number of ether oxygens (including phenoxy) is 1. The Morgan fingerprint density at radius 3 is 2.13 bits per heavy atom. The van der Waals surface area contributed by atoms with E-state index in [4.69, 9.17) is 0 Å². The molecule has 0 saturated carbocycles. The second-order valence-electron chi connectivity index (χ2n) is 7.57. The van der Waals surface area contributed by atoms with Crippen molar-refractivity contribution in [3.8, 4) is 28.0 Å². The molecular formula is C27H23F3O. The van der Waals surface area contributed by atoms with Crippen molar-refractivity contribution in [3.05, 3.63) is 90.2 Å². The van der Waals surface area contributed by atoms with Gasteiger partial charge in [0, 0.05) is 10.9 Å². The van der Waals surface area contributed by atoms with Gasteiger partial charge in [-0.1, -0.05) is 74.0 Å². The van der Waals surface area contributed by atoms with Gasteiger partial charge < -0.3 is 4.74 Å². The van der Waals surface area contributed by atoms with Gasteiger partial charge in [0.15, 0.2) is 0 Å². The standard InChI is InChI=1S/C27H23F3O/c1-2-3-4-18-5-7-19(8-6-18)21-11-15-25-22(17-21)12-16-24(26(25)28)20-9-13-23(14-10-20)31-27(29)30/h5-17,27H,2-4H2,1H3. The Morgan fingerprint density at radius 1 is 0.774 bits per heavy atom. The largest absolute Gasteiger partial charge is 0.435 e. The number of rotatable bonds is 7. The smallest absolute Gasteiger partial charge is 0.387 e. The summed E-state index contributed by atoms with van der Waals surface area (Å²) in [6.07, 6.45) is 3.43. The lowest BCUT2D eigenvalue weighted by Gasteiger charge is -2.10. The first-order valence-electron chi connectivity index (χ1n) is 10.4. The Morgan fingerprint density at radius 2 is 1.45 bits per heavy atom. The van der Waals surface area contributed by atoms with E-state index in [0.717, 1.165) is 22.9 Å². The van der Waals surface area contributed by atoms with Gasteiger partial charge in [0.2, 0.25) is 0 Å². The molecule has 0 bridgehead atoms. The maximum absolute atomic E-state index is 15.2. The highest BCUT2D eigenvalue weighted by molar-refractivity contribution is 5.91. The number of alkyl halides is 2. The molecule has 1 nitrogen and oxygen atoms in total. The first kappa shape index (κ1) is 21.0. The highest BCUT2D eigenvalue weighted by Crippen LogP contribution is 2.32. The fraction of sp³-hybridized carbons (Fsp3) is 0.185. The molecule has 0 atom stereocenters. The third-order valence-electron chi connectivity index (χ3n) is 5.45. The maximum atomic E-state index is 15.2. The number of fused-ring (bicyclic) bond motifs is 1. The van der Waals surface area contributed by atoms with Crippen LogP contribution in [0.25, 0.3) is 33.0 Å². The third kappa shape index (κ3) is 4.74. The molecule has 0 spiro atoms. The number of hydrogen-bond donors (Lipinski definition) is 0. The van der Waals surface area contributed by atoms with Gasteiger partial charge in [-0.2, -0.15) is 8.78 Å². The quantitative estimate of drug-likeness (QED) is 0.292. The molecule has 0 fully saturated rings. The summed E-state index contributed by atoms with van der Waals surface area (Å²) in [5, 5.41) is 1.33. The maximum Gasteiger partial charge on any atom is 0.387 e. The van der Waals surface area contributed by atoms with Crippen LogP contribution in [0.1, 0.15) is 25.3 Å². The van der Waals surface area contributed by atoms with Gasteiger partial charge in [-0.3, -0.25) is 0 Å². The van der Waals surface area contributed by atoms with Crippen molar-refractivity contribution in [3.63, 3.8) is 0 Å². The molecule has 31 heavy (non-hydrogen) atoms. The van der Waals surface area contributed by atoms with Crippen molar-refractivity contribution in [1.82, 2.24) is 0 Å². The van der Waals surface area contributed by atoms with Gasteiger partial charge in [-0.05, 0) is 58.7 Å². The van der Waals surface area contributed by atoms with E-state index in [1.807, 2.05) is 18.2 Å². The molecule has 4 rings (SSSR count). The summed E-state index contributed by atoms with van der Waals surface area (Å²) in [5.74, 6) is -0.285. The van der Waals surface area contributed by atoms with Crippen LogP contribution in [0.3, 0.4) is 0 Å². The lowest BCUT2D eigenvalue weighted by atomic mass is 9.96. The monoisotopic (exact) mass is 420 g/mol. The van der Waals surface area contributed by atoms with Crippen molar-refractivity contribution in [2.75, 3.05) is 0 Å². The van der Waals surface area contributed by atoms with Gasteiger partial charge in [-0.15, -0.1) is 0 Å². The molecule has 0 aromatic heterocycles. The number of benzene rings is 4. The van der Waals surface area contributed by atoms with Crippen molar-refractivity contribution < 1.29 is 17.9 Å². The van der Waals surface area contributed by atoms with Crippen LogP contribution in [0.4, 0.5) is 13.2 Å². The molecule has 0 unspecified atom stereocenters. The molecule has 0 saturated heterocycles. The number of aryl methyl sites for hydroxylation is 1. The average molecular weight is 420 g/mol. The molecule has 0 aliphatic rings. The Balaban J connectivity index is 1.62. The van der Waals surface area contributed by atoms with Crippen LogP contribution >= 0.6 is 0 Å². The van der Waals surface area contributed by atoms with E-state index in [2.05, 4.69) is 35.9 Å². The van der Waals surface area contributed by atoms with Crippen molar-refractivity contribution in [2.24, 2.45) is 0 Å². The topological polar surface area (TPSA) is 9.23 Å². The highest BCUT2D eigenvalue weighted by atomic mass is 19.3. The van der Waals surface area contributed by atoms with Crippen LogP contribution in [-0.4, -0.2) is 6.61 Å². The summed E-state index contributed by atoms with van der Waals surface area (Å²) in [6.45, 7) is -0.699. The van der Waals surface area contributed by atoms with Crippen LogP contribution < -0.4 is 4.74 Å². The number of unbranched alkanes of at least 4 members (excludes halogenated alkanes) is 1. The predicted octanol–water partition coefficient (Wildman–Crippen LogP) is 8.26.